The fourth-order valence-corrected chi connectivity index (χ4v) is 2.02. The van der Waals surface area contributed by atoms with Crippen LogP contribution in [0.3, 0.4) is 0 Å². The molecule has 7 N–H and O–H groups in total. The van der Waals surface area contributed by atoms with Crippen LogP contribution in [0.25, 0.3) is 0 Å². The van der Waals surface area contributed by atoms with Crippen molar-refractivity contribution in [3.8, 4) is 0 Å². The normalized spacial score (nSPS) is 17.9. The first-order valence-electron chi connectivity index (χ1n) is 7.79. The van der Waals surface area contributed by atoms with Gasteiger partial charge in [-0.25, -0.2) is 0 Å². The van der Waals surface area contributed by atoms with Crippen LogP contribution in [-0.2, 0) is 11.3 Å². The molecule has 8 heteroatoms. The zero-order valence-corrected chi connectivity index (χ0v) is 13.4. The third-order valence-corrected chi connectivity index (χ3v) is 3.48. The Hall–Kier alpha value is -1.10. The molecule has 8 nitrogen and oxygen atoms in total. The number of benzene rings is 1. The minimum atomic E-state index is -1.69. The molecule has 0 aliphatic carbocycles. The third kappa shape index (κ3) is 7.65. The highest BCUT2D eigenvalue weighted by atomic mass is 16.5. The van der Waals surface area contributed by atoms with Gasteiger partial charge in [0.2, 0.25) is 0 Å². The lowest BCUT2D eigenvalue weighted by Gasteiger charge is -2.25. The highest BCUT2D eigenvalue weighted by Gasteiger charge is 2.30. The topological polar surface area (TPSA) is 143 Å². The molecule has 0 amide bonds. The largest absolute Gasteiger partial charge is 0.394 e. The fourth-order valence-electron chi connectivity index (χ4n) is 2.02. The molecule has 0 spiro atoms. The van der Waals surface area contributed by atoms with Crippen molar-refractivity contribution in [1.82, 2.24) is 5.32 Å². The maximum Gasteiger partial charge on any atom is 0.111 e. The van der Waals surface area contributed by atoms with Gasteiger partial charge < -0.3 is 40.7 Å². The summed E-state index contributed by atoms with van der Waals surface area (Å²) in [5.74, 6) is 0. The van der Waals surface area contributed by atoms with E-state index in [9.17, 15) is 25.5 Å². The van der Waals surface area contributed by atoms with Crippen molar-refractivity contribution in [2.24, 2.45) is 0 Å². The number of hydrogen-bond donors (Lipinski definition) is 7. The van der Waals surface area contributed by atoms with Gasteiger partial charge in [-0.2, -0.15) is 0 Å². The molecule has 0 heterocycles. The fraction of sp³-hybridized carbons (Fsp3) is 0.625. The average Bonchev–Trinajstić information content (AvgIpc) is 2.60. The van der Waals surface area contributed by atoms with E-state index in [0.29, 0.717) is 13.1 Å². The van der Waals surface area contributed by atoms with Gasteiger partial charge in [-0.05, 0) is 5.56 Å². The molecule has 0 saturated heterocycles. The Labute approximate surface area is 141 Å². The van der Waals surface area contributed by atoms with Crippen molar-refractivity contribution in [2.75, 3.05) is 26.4 Å². The van der Waals surface area contributed by atoms with E-state index in [-0.39, 0.29) is 13.2 Å². The molecule has 0 aliphatic rings. The van der Waals surface area contributed by atoms with Crippen molar-refractivity contribution in [2.45, 2.75) is 37.1 Å². The molecule has 0 aliphatic heterocycles. The van der Waals surface area contributed by atoms with Crippen LogP contribution >= 0.6 is 0 Å². The summed E-state index contributed by atoms with van der Waals surface area (Å²) in [7, 11) is 0. The van der Waals surface area contributed by atoms with Crippen LogP contribution in [0.2, 0.25) is 0 Å². The molecule has 0 radical (unpaired) electrons. The first-order valence-corrected chi connectivity index (χ1v) is 7.79. The Balaban J connectivity index is 2.16. The van der Waals surface area contributed by atoms with E-state index < -0.39 is 37.1 Å². The van der Waals surface area contributed by atoms with E-state index in [0.717, 1.165) is 5.56 Å². The van der Waals surface area contributed by atoms with Gasteiger partial charge >= 0.3 is 0 Å². The first-order chi connectivity index (χ1) is 11.5. The molecule has 24 heavy (non-hydrogen) atoms. The van der Waals surface area contributed by atoms with E-state index in [1.54, 1.807) is 0 Å². The number of aliphatic hydroxyl groups excluding tert-OH is 6. The van der Waals surface area contributed by atoms with Gasteiger partial charge in [0.1, 0.15) is 24.4 Å². The molecule has 138 valence electrons. The summed E-state index contributed by atoms with van der Waals surface area (Å²) in [5, 5.41) is 59.4. The summed E-state index contributed by atoms with van der Waals surface area (Å²) in [4.78, 5) is 0. The lowest BCUT2D eigenvalue weighted by atomic mass is 10.0. The second-order valence-electron chi connectivity index (χ2n) is 5.61. The quantitative estimate of drug-likeness (QED) is 0.222. The van der Waals surface area contributed by atoms with Crippen LogP contribution in [0.4, 0.5) is 0 Å². The van der Waals surface area contributed by atoms with Gasteiger partial charge in [-0.1, -0.05) is 30.3 Å². The Bertz CT molecular complexity index is 434. The zero-order chi connectivity index (χ0) is 17.9. The Kier molecular flexibility index (Phi) is 9.99. The second kappa shape index (κ2) is 11.5. The number of rotatable bonds is 12. The van der Waals surface area contributed by atoms with E-state index in [4.69, 9.17) is 9.84 Å². The monoisotopic (exact) mass is 345 g/mol. The predicted molar refractivity (Wildman–Crippen MR) is 86.1 cm³/mol. The lowest BCUT2D eigenvalue weighted by Crippen LogP contribution is -2.47. The number of ether oxygens (including phenoxy) is 1. The van der Waals surface area contributed by atoms with Crippen LogP contribution in [0.5, 0.6) is 0 Å². The highest BCUT2D eigenvalue weighted by Crippen LogP contribution is 2.06. The van der Waals surface area contributed by atoms with Crippen LogP contribution in [0.1, 0.15) is 5.56 Å². The van der Waals surface area contributed by atoms with E-state index in [1.807, 2.05) is 30.3 Å². The van der Waals surface area contributed by atoms with Crippen LogP contribution in [0, 0.1) is 0 Å². The lowest BCUT2D eigenvalue weighted by molar-refractivity contribution is -0.132. The average molecular weight is 345 g/mol. The van der Waals surface area contributed by atoms with E-state index in [2.05, 4.69) is 5.32 Å². The maximum atomic E-state index is 9.76. The molecule has 1 rings (SSSR count). The van der Waals surface area contributed by atoms with E-state index >= 15 is 0 Å². The minimum Gasteiger partial charge on any atom is -0.394 e. The third-order valence-electron chi connectivity index (χ3n) is 3.48. The predicted octanol–water partition coefficient (Wildman–Crippen LogP) is -2.41. The van der Waals surface area contributed by atoms with Gasteiger partial charge in [0, 0.05) is 13.1 Å². The summed E-state index contributed by atoms with van der Waals surface area (Å²) in [6.07, 6.45) is -7.16. The van der Waals surface area contributed by atoms with Gasteiger partial charge in [0.25, 0.3) is 0 Å². The van der Waals surface area contributed by atoms with Gasteiger partial charge in [0.05, 0.1) is 25.9 Å². The summed E-state index contributed by atoms with van der Waals surface area (Å²) in [6.45, 7) is -0.238. The van der Waals surface area contributed by atoms with Crippen molar-refractivity contribution < 1.29 is 35.4 Å². The maximum absolute atomic E-state index is 9.76. The standard InChI is InChI=1S/C16H27NO7/c18-8-13(20)15(22)16(23)14(21)10-24-9-12(19)7-17-6-11-4-2-1-3-5-11/h1-5,12-23H,6-10H2. The second-order valence-corrected chi connectivity index (χ2v) is 5.61. The van der Waals surface area contributed by atoms with Crippen molar-refractivity contribution in [3.63, 3.8) is 0 Å². The Morgan fingerprint density at radius 2 is 1.50 bits per heavy atom. The minimum absolute atomic E-state index is 0.0653. The van der Waals surface area contributed by atoms with Crippen LogP contribution < -0.4 is 5.32 Å². The van der Waals surface area contributed by atoms with Crippen LogP contribution in [-0.4, -0.2) is 87.5 Å². The van der Waals surface area contributed by atoms with Crippen molar-refractivity contribution >= 4 is 0 Å². The number of aliphatic hydroxyl groups is 6. The molecule has 0 saturated carbocycles. The SMILES string of the molecule is OCC(O)C(O)C(O)C(O)COCC(O)CNCc1ccccc1. The first kappa shape index (κ1) is 20.9. The molecule has 0 fully saturated rings. The van der Waals surface area contributed by atoms with Crippen LogP contribution in [0.15, 0.2) is 30.3 Å². The Morgan fingerprint density at radius 1 is 0.875 bits per heavy atom. The van der Waals surface area contributed by atoms with Gasteiger partial charge in [-0.15, -0.1) is 0 Å². The molecular weight excluding hydrogens is 318 g/mol. The molecule has 0 aromatic heterocycles. The number of nitrogens with one attached hydrogen (secondary N) is 1. The summed E-state index contributed by atoms with van der Waals surface area (Å²) >= 11 is 0. The van der Waals surface area contributed by atoms with Gasteiger partial charge in [0.15, 0.2) is 0 Å². The molecular formula is C16H27NO7. The Morgan fingerprint density at radius 3 is 2.12 bits per heavy atom. The molecule has 1 aromatic carbocycles. The summed E-state index contributed by atoms with van der Waals surface area (Å²) in [6, 6.07) is 9.68. The molecule has 1 aromatic rings. The zero-order valence-electron chi connectivity index (χ0n) is 13.4. The smallest absolute Gasteiger partial charge is 0.111 e. The summed E-state index contributed by atoms with van der Waals surface area (Å²) in [5.41, 5.74) is 1.08. The molecule has 0 bridgehead atoms. The van der Waals surface area contributed by atoms with Crippen molar-refractivity contribution in [3.05, 3.63) is 35.9 Å². The highest BCUT2D eigenvalue weighted by molar-refractivity contribution is 5.14. The molecule has 5 atom stereocenters. The summed E-state index contributed by atoms with van der Waals surface area (Å²) < 4.78 is 5.09. The van der Waals surface area contributed by atoms with Crippen molar-refractivity contribution in [1.29, 1.82) is 0 Å². The molecule has 5 unspecified atom stereocenters. The van der Waals surface area contributed by atoms with Gasteiger partial charge in [-0.3, -0.25) is 0 Å². The number of hydrogen-bond acceptors (Lipinski definition) is 8. The van der Waals surface area contributed by atoms with E-state index in [1.165, 1.54) is 0 Å².